The quantitative estimate of drug-likeness (QED) is 0.662. The maximum absolute atomic E-state index is 13.2. The molecule has 2 saturated carbocycles. The summed E-state index contributed by atoms with van der Waals surface area (Å²) < 4.78 is 1.68. The largest absolute Gasteiger partial charge is 0.286 e. The van der Waals surface area contributed by atoms with Crippen LogP contribution in [0.3, 0.4) is 0 Å². The summed E-state index contributed by atoms with van der Waals surface area (Å²) in [6.07, 6.45) is 5.85. The van der Waals surface area contributed by atoms with E-state index in [0.717, 1.165) is 40.7 Å². The Labute approximate surface area is 181 Å². The number of hydrogen-bond acceptors (Lipinski definition) is 5. The van der Waals surface area contributed by atoms with Crippen LogP contribution in [0.4, 0.5) is 0 Å². The van der Waals surface area contributed by atoms with Gasteiger partial charge in [0.05, 0.1) is 11.4 Å². The van der Waals surface area contributed by atoms with Gasteiger partial charge in [0.1, 0.15) is 11.6 Å². The third-order valence-electron chi connectivity index (χ3n) is 7.10. The molecule has 0 bridgehead atoms. The standard InChI is InChI=1S/C24H28N4OS/c1-14-9-24(3,10-14)21-17(7-8-19(26-21)16-5-4-6-16)20-18(11-25)22(29)28-12-15(2)13-30-23(28)27-20/h7-8,14-16H,4-6,9-10,12-13H2,1-3H3. The normalized spacial score (nSPS) is 28.2. The van der Waals surface area contributed by atoms with Crippen LogP contribution in [-0.4, -0.2) is 20.3 Å². The van der Waals surface area contributed by atoms with Crippen molar-refractivity contribution in [3.05, 3.63) is 39.4 Å². The number of nitrogens with zero attached hydrogens (tertiary/aromatic N) is 4. The molecule has 30 heavy (non-hydrogen) atoms. The van der Waals surface area contributed by atoms with Crippen LogP contribution in [0.5, 0.6) is 0 Å². The number of hydrogen-bond donors (Lipinski definition) is 0. The lowest BCUT2D eigenvalue weighted by Gasteiger charge is -2.44. The average Bonchev–Trinajstić information content (AvgIpc) is 2.66. The van der Waals surface area contributed by atoms with Gasteiger partial charge < -0.3 is 0 Å². The minimum Gasteiger partial charge on any atom is -0.286 e. The molecule has 0 aromatic carbocycles. The van der Waals surface area contributed by atoms with Crippen LogP contribution in [0, 0.1) is 23.2 Å². The first kappa shape index (κ1) is 19.8. The van der Waals surface area contributed by atoms with E-state index >= 15 is 0 Å². The molecule has 1 unspecified atom stereocenters. The van der Waals surface area contributed by atoms with Gasteiger partial charge in [0.25, 0.3) is 5.56 Å². The average molecular weight is 421 g/mol. The molecular weight excluding hydrogens is 392 g/mol. The van der Waals surface area contributed by atoms with Crippen LogP contribution in [0.1, 0.15) is 75.7 Å². The van der Waals surface area contributed by atoms with Crippen LogP contribution >= 0.6 is 11.8 Å². The van der Waals surface area contributed by atoms with Crippen molar-refractivity contribution in [2.75, 3.05) is 5.75 Å². The predicted molar refractivity (Wildman–Crippen MR) is 119 cm³/mol. The van der Waals surface area contributed by atoms with Gasteiger partial charge in [-0.3, -0.25) is 14.3 Å². The Hall–Kier alpha value is -2.13. The van der Waals surface area contributed by atoms with Gasteiger partial charge in [0.15, 0.2) is 5.16 Å². The summed E-state index contributed by atoms with van der Waals surface area (Å²) in [5, 5.41) is 10.6. The van der Waals surface area contributed by atoms with Crippen molar-refractivity contribution in [3.8, 4) is 17.3 Å². The Morgan fingerprint density at radius 2 is 1.97 bits per heavy atom. The molecule has 2 fully saturated rings. The van der Waals surface area contributed by atoms with Crippen molar-refractivity contribution in [2.24, 2.45) is 11.8 Å². The Balaban J connectivity index is 1.70. The molecule has 0 N–H and O–H groups in total. The van der Waals surface area contributed by atoms with Crippen molar-refractivity contribution < 1.29 is 0 Å². The first-order valence-electron chi connectivity index (χ1n) is 11.1. The lowest BCUT2D eigenvalue weighted by atomic mass is 9.61. The third kappa shape index (κ3) is 3.10. The fraction of sp³-hybridized carbons (Fsp3) is 0.583. The molecule has 5 nitrogen and oxygen atoms in total. The number of aromatic nitrogens is 3. The molecule has 2 aliphatic carbocycles. The Morgan fingerprint density at radius 1 is 1.20 bits per heavy atom. The van der Waals surface area contributed by atoms with Crippen LogP contribution in [0.15, 0.2) is 22.1 Å². The lowest BCUT2D eigenvalue weighted by Crippen LogP contribution is -2.39. The zero-order valence-electron chi connectivity index (χ0n) is 17.9. The van der Waals surface area contributed by atoms with Gasteiger partial charge in [-0.05, 0) is 49.7 Å². The molecule has 3 aliphatic rings. The Bertz CT molecular complexity index is 1110. The van der Waals surface area contributed by atoms with E-state index in [1.165, 1.54) is 19.3 Å². The summed E-state index contributed by atoms with van der Waals surface area (Å²) in [4.78, 5) is 23.2. The SMILES string of the molecule is CC1CSc2nc(-c3ccc(C4CCC4)nc3C3(C)CC(C)C3)c(C#N)c(=O)n2C1. The monoisotopic (exact) mass is 420 g/mol. The molecule has 0 amide bonds. The topological polar surface area (TPSA) is 71.6 Å². The highest BCUT2D eigenvalue weighted by Gasteiger charge is 2.43. The highest BCUT2D eigenvalue weighted by Crippen LogP contribution is 2.50. The van der Waals surface area contributed by atoms with E-state index in [-0.39, 0.29) is 16.5 Å². The second-order valence-electron chi connectivity index (χ2n) is 9.90. The smallest absolute Gasteiger partial charge is 0.272 e. The fourth-order valence-corrected chi connectivity index (χ4v) is 6.42. The van der Waals surface area contributed by atoms with E-state index in [2.05, 4.69) is 39.0 Å². The van der Waals surface area contributed by atoms with Gasteiger partial charge >= 0.3 is 0 Å². The Morgan fingerprint density at radius 3 is 2.60 bits per heavy atom. The molecule has 6 heteroatoms. The minimum absolute atomic E-state index is 0.0172. The van der Waals surface area contributed by atoms with Crippen molar-refractivity contribution >= 4 is 11.8 Å². The molecule has 0 saturated heterocycles. The number of rotatable bonds is 3. The van der Waals surface area contributed by atoms with Crippen LogP contribution in [0.2, 0.25) is 0 Å². The molecule has 5 rings (SSSR count). The van der Waals surface area contributed by atoms with Gasteiger partial charge in [-0.25, -0.2) is 4.98 Å². The molecule has 0 spiro atoms. The van der Waals surface area contributed by atoms with Gasteiger partial charge in [-0.15, -0.1) is 0 Å². The van der Waals surface area contributed by atoms with E-state index in [9.17, 15) is 10.1 Å². The van der Waals surface area contributed by atoms with E-state index in [0.29, 0.717) is 30.0 Å². The number of fused-ring (bicyclic) bond motifs is 1. The van der Waals surface area contributed by atoms with Crippen molar-refractivity contribution in [3.63, 3.8) is 0 Å². The molecule has 3 heterocycles. The molecule has 156 valence electrons. The minimum atomic E-state index is -0.210. The van der Waals surface area contributed by atoms with Gasteiger partial charge in [0, 0.05) is 34.9 Å². The highest BCUT2D eigenvalue weighted by molar-refractivity contribution is 7.99. The van der Waals surface area contributed by atoms with Crippen molar-refractivity contribution in [2.45, 2.75) is 75.9 Å². The fourth-order valence-electron chi connectivity index (χ4n) is 5.41. The van der Waals surface area contributed by atoms with E-state index < -0.39 is 0 Å². The summed E-state index contributed by atoms with van der Waals surface area (Å²) in [5.41, 5.74) is 3.53. The first-order valence-corrected chi connectivity index (χ1v) is 12.1. The van der Waals surface area contributed by atoms with Gasteiger partial charge in [0.2, 0.25) is 0 Å². The Kier molecular flexibility index (Phi) is 4.77. The maximum Gasteiger partial charge on any atom is 0.272 e. The summed E-state index contributed by atoms with van der Waals surface area (Å²) >= 11 is 1.62. The second-order valence-corrected chi connectivity index (χ2v) is 10.9. The van der Waals surface area contributed by atoms with E-state index in [1.54, 1.807) is 16.3 Å². The molecule has 2 aromatic heterocycles. The van der Waals surface area contributed by atoms with Crippen molar-refractivity contribution in [1.82, 2.24) is 14.5 Å². The van der Waals surface area contributed by atoms with Crippen molar-refractivity contribution in [1.29, 1.82) is 5.26 Å². The maximum atomic E-state index is 13.2. The second kappa shape index (κ2) is 7.23. The van der Waals surface area contributed by atoms with Crippen LogP contribution < -0.4 is 5.56 Å². The van der Waals surface area contributed by atoms with Gasteiger partial charge in [-0.1, -0.05) is 39.0 Å². The molecule has 0 radical (unpaired) electrons. The molecule has 1 aliphatic heterocycles. The third-order valence-corrected chi connectivity index (χ3v) is 8.41. The number of thioether (sulfide) groups is 1. The van der Waals surface area contributed by atoms with E-state index in [1.807, 2.05) is 0 Å². The molecular formula is C24H28N4OS. The zero-order valence-corrected chi connectivity index (χ0v) is 18.8. The lowest BCUT2D eigenvalue weighted by molar-refractivity contribution is 0.172. The van der Waals surface area contributed by atoms with Crippen LogP contribution in [-0.2, 0) is 12.0 Å². The van der Waals surface area contributed by atoms with Gasteiger partial charge in [-0.2, -0.15) is 5.26 Å². The predicted octanol–water partition coefficient (Wildman–Crippen LogP) is 4.87. The van der Waals surface area contributed by atoms with Crippen LogP contribution in [0.25, 0.3) is 11.3 Å². The summed E-state index contributed by atoms with van der Waals surface area (Å²) in [5.74, 6) is 2.56. The molecule has 1 atom stereocenters. The first-order chi connectivity index (χ1) is 14.4. The summed E-state index contributed by atoms with van der Waals surface area (Å²) in [6, 6.07) is 6.36. The number of pyridine rings is 1. The van der Waals surface area contributed by atoms with E-state index in [4.69, 9.17) is 9.97 Å². The molecule has 2 aromatic rings. The summed E-state index contributed by atoms with van der Waals surface area (Å²) in [7, 11) is 0. The summed E-state index contributed by atoms with van der Waals surface area (Å²) in [6.45, 7) is 7.31. The zero-order chi connectivity index (χ0) is 21.0. The number of nitriles is 1. The highest BCUT2D eigenvalue weighted by atomic mass is 32.2.